The lowest BCUT2D eigenvalue weighted by Gasteiger charge is -2.28. The molecule has 0 atom stereocenters. The van der Waals surface area contributed by atoms with Gasteiger partial charge in [0.25, 0.3) is 0 Å². The van der Waals surface area contributed by atoms with Gasteiger partial charge in [-0.25, -0.2) is 0 Å². The summed E-state index contributed by atoms with van der Waals surface area (Å²) in [5, 5.41) is 2.85. The molecule has 1 aliphatic heterocycles. The average molecular weight is 384 g/mol. The highest BCUT2D eigenvalue weighted by molar-refractivity contribution is 9.10. The molecule has 1 aromatic carbocycles. The molecule has 0 aromatic heterocycles. The molecule has 0 spiro atoms. The Morgan fingerprint density at radius 1 is 1.30 bits per heavy atom. The van der Waals surface area contributed by atoms with E-state index in [0.29, 0.717) is 26.3 Å². The van der Waals surface area contributed by atoms with Crippen molar-refractivity contribution < 1.29 is 14.3 Å². The number of hydrogen-bond acceptors (Lipinski definition) is 4. The number of anilines is 1. The third kappa shape index (κ3) is 5.60. The number of ether oxygens (including phenoxy) is 1. The molecule has 6 nitrogen and oxygen atoms in total. The molecule has 0 radical (unpaired) electrons. The molecule has 23 heavy (non-hydrogen) atoms. The van der Waals surface area contributed by atoms with Crippen LogP contribution in [-0.2, 0) is 14.3 Å². The van der Waals surface area contributed by atoms with Gasteiger partial charge in [0.2, 0.25) is 11.8 Å². The number of nitrogens with one attached hydrogen (secondary N) is 1. The summed E-state index contributed by atoms with van der Waals surface area (Å²) in [6.07, 6.45) is 0. The maximum absolute atomic E-state index is 12.1. The van der Waals surface area contributed by atoms with Crippen LogP contribution in [0.25, 0.3) is 0 Å². The first kappa shape index (κ1) is 17.9. The largest absolute Gasteiger partial charge is 0.378 e. The van der Waals surface area contributed by atoms with Crippen LogP contribution in [-0.4, -0.2) is 68.1 Å². The quantitative estimate of drug-likeness (QED) is 0.836. The maximum Gasteiger partial charge on any atom is 0.238 e. The van der Waals surface area contributed by atoms with Gasteiger partial charge in [-0.2, -0.15) is 0 Å². The standard InChI is InChI=1S/C16H22BrN3O3/c1-12-3-4-14(13(17)9-12)18-15(21)10-19(2)11-16(22)20-5-7-23-8-6-20/h3-4,9H,5-8,10-11H2,1-2H3,(H,18,21). The number of rotatable bonds is 5. The third-order valence-electron chi connectivity index (χ3n) is 3.58. The number of morpholine rings is 1. The van der Waals surface area contributed by atoms with Crippen LogP contribution in [0.2, 0.25) is 0 Å². The van der Waals surface area contributed by atoms with Crippen molar-refractivity contribution in [2.45, 2.75) is 6.92 Å². The van der Waals surface area contributed by atoms with Gasteiger partial charge in [-0.1, -0.05) is 6.07 Å². The average Bonchev–Trinajstić information content (AvgIpc) is 2.50. The van der Waals surface area contributed by atoms with E-state index in [-0.39, 0.29) is 24.9 Å². The molecule has 1 N–H and O–H groups in total. The summed E-state index contributed by atoms with van der Waals surface area (Å²) >= 11 is 3.43. The highest BCUT2D eigenvalue weighted by Crippen LogP contribution is 2.23. The normalized spacial score (nSPS) is 14.9. The number of aryl methyl sites for hydroxylation is 1. The molecule has 1 saturated heterocycles. The zero-order valence-electron chi connectivity index (χ0n) is 13.5. The molecule has 0 aliphatic carbocycles. The Bertz CT molecular complexity index is 574. The summed E-state index contributed by atoms with van der Waals surface area (Å²) in [5.74, 6) is -0.119. The van der Waals surface area contributed by atoms with E-state index in [1.165, 1.54) is 0 Å². The van der Waals surface area contributed by atoms with E-state index in [0.717, 1.165) is 15.7 Å². The second-order valence-electron chi connectivity index (χ2n) is 5.70. The second-order valence-corrected chi connectivity index (χ2v) is 6.55. The Kier molecular flexibility index (Phi) is 6.56. The molecule has 2 amide bonds. The molecule has 1 aromatic rings. The topological polar surface area (TPSA) is 61.9 Å². The zero-order chi connectivity index (χ0) is 16.8. The van der Waals surface area contributed by atoms with E-state index in [1.54, 1.807) is 16.8 Å². The van der Waals surface area contributed by atoms with Crippen molar-refractivity contribution in [2.24, 2.45) is 0 Å². The van der Waals surface area contributed by atoms with E-state index >= 15 is 0 Å². The van der Waals surface area contributed by atoms with Crippen LogP contribution in [0.15, 0.2) is 22.7 Å². The Morgan fingerprint density at radius 3 is 2.65 bits per heavy atom. The van der Waals surface area contributed by atoms with Gasteiger partial charge in [-0.05, 0) is 47.6 Å². The molecule has 2 rings (SSSR count). The fourth-order valence-corrected chi connectivity index (χ4v) is 2.95. The SMILES string of the molecule is Cc1ccc(NC(=O)CN(C)CC(=O)N2CCOCC2)c(Br)c1. The van der Waals surface area contributed by atoms with E-state index in [1.807, 2.05) is 25.1 Å². The first-order chi connectivity index (χ1) is 11.0. The number of hydrogen-bond donors (Lipinski definition) is 1. The lowest BCUT2D eigenvalue weighted by Crippen LogP contribution is -2.46. The van der Waals surface area contributed by atoms with Gasteiger partial charge in [-0.3, -0.25) is 14.5 Å². The number of nitrogens with zero attached hydrogens (tertiary/aromatic N) is 2. The monoisotopic (exact) mass is 383 g/mol. The van der Waals surface area contributed by atoms with Crippen LogP contribution >= 0.6 is 15.9 Å². The molecule has 0 unspecified atom stereocenters. The number of halogens is 1. The van der Waals surface area contributed by atoms with Gasteiger partial charge in [0.1, 0.15) is 0 Å². The Hall–Kier alpha value is -1.44. The van der Waals surface area contributed by atoms with E-state index < -0.39 is 0 Å². The molecule has 1 fully saturated rings. The highest BCUT2D eigenvalue weighted by Gasteiger charge is 2.19. The number of carbonyl (C=O) groups is 2. The summed E-state index contributed by atoms with van der Waals surface area (Å²) in [7, 11) is 1.77. The predicted molar refractivity (Wildman–Crippen MR) is 92.4 cm³/mol. The Balaban J connectivity index is 1.81. The first-order valence-corrected chi connectivity index (χ1v) is 8.35. The molecule has 1 heterocycles. The van der Waals surface area contributed by atoms with Gasteiger partial charge in [-0.15, -0.1) is 0 Å². The van der Waals surface area contributed by atoms with E-state index in [4.69, 9.17) is 4.74 Å². The van der Waals surface area contributed by atoms with Gasteiger partial charge in [0, 0.05) is 17.6 Å². The summed E-state index contributed by atoms with van der Waals surface area (Å²) in [6.45, 7) is 4.78. The number of benzene rings is 1. The predicted octanol–water partition coefficient (Wildman–Crippen LogP) is 1.49. The van der Waals surface area contributed by atoms with Gasteiger partial charge in [0.05, 0.1) is 32.0 Å². The molecule has 126 valence electrons. The van der Waals surface area contributed by atoms with Crippen LogP contribution in [0, 0.1) is 6.92 Å². The zero-order valence-corrected chi connectivity index (χ0v) is 15.1. The molecular formula is C16H22BrN3O3. The number of carbonyl (C=O) groups excluding carboxylic acids is 2. The minimum absolute atomic E-state index is 0.0279. The van der Waals surface area contributed by atoms with E-state index in [9.17, 15) is 9.59 Å². The Labute approximate surface area is 144 Å². The lowest BCUT2D eigenvalue weighted by molar-refractivity contribution is -0.136. The minimum atomic E-state index is -0.146. The lowest BCUT2D eigenvalue weighted by atomic mass is 10.2. The van der Waals surface area contributed by atoms with Crippen LogP contribution in [0.3, 0.4) is 0 Å². The summed E-state index contributed by atoms with van der Waals surface area (Å²) < 4.78 is 6.07. The highest BCUT2D eigenvalue weighted by atomic mass is 79.9. The summed E-state index contributed by atoms with van der Waals surface area (Å²) in [6, 6.07) is 5.74. The fourth-order valence-electron chi connectivity index (χ4n) is 2.36. The molecule has 0 bridgehead atoms. The van der Waals surface area contributed by atoms with Gasteiger partial charge in [0.15, 0.2) is 0 Å². The minimum Gasteiger partial charge on any atom is -0.378 e. The number of likely N-dealkylation sites (N-methyl/N-ethyl adjacent to an activating group) is 1. The smallest absolute Gasteiger partial charge is 0.238 e. The third-order valence-corrected chi connectivity index (χ3v) is 4.24. The van der Waals surface area contributed by atoms with Crippen LogP contribution in [0.5, 0.6) is 0 Å². The van der Waals surface area contributed by atoms with Crippen molar-refractivity contribution in [1.82, 2.24) is 9.80 Å². The fraction of sp³-hybridized carbons (Fsp3) is 0.500. The number of amides is 2. The second kappa shape index (κ2) is 8.42. The van der Waals surface area contributed by atoms with Crippen LogP contribution < -0.4 is 5.32 Å². The maximum atomic E-state index is 12.1. The van der Waals surface area contributed by atoms with Crippen molar-refractivity contribution in [2.75, 3.05) is 51.8 Å². The molecular weight excluding hydrogens is 362 g/mol. The molecule has 7 heteroatoms. The van der Waals surface area contributed by atoms with Crippen molar-refractivity contribution in [3.05, 3.63) is 28.2 Å². The van der Waals surface area contributed by atoms with Crippen LogP contribution in [0.4, 0.5) is 5.69 Å². The van der Waals surface area contributed by atoms with Crippen molar-refractivity contribution in [3.63, 3.8) is 0 Å². The van der Waals surface area contributed by atoms with Crippen molar-refractivity contribution >= 4 is 33.4 Å². The molecule has 0 saturated carbocycles. The van der Waals surface area contributed by atoms with Crippen molar-refractivity contribution in [1.29, 1.82) is 0 Å². The van der Waals surface area contributed by atoms with E-state index in [2.05, 4.69) is 21.2 Å². The van der Waals surface area contributed by atoms with Crippen LogP contribution in [0.1, 0.15) is 5.56 Å². The van der Waals surface area contributed by atoms with Crippen molar-refractivity contribution in [3.8, 4) is 0 Å². The summed E-state index contributed by atoms with van der Waals surface area (Å²) in [5.41, 5.74) is 1.84. The summed E-state index contributed by atoms with van der Waals surface area (Å²) in [4.78, 5) is 27.7. The first-order valence-electron chi connectivity index (χ1n) is 7.56. The van der Waals surface area contributed by atoms with Gasteiger partial charge >= 0.3 is 0 Å². The Morgan fingerprint density at radius 2 is 2.00 bits per heavy atom. The molecule has 1 aliphatic rings. The van der Waals surface area contributed by atoms with Gasteiger partial charge < -0.3 is 15.0 Å².